The summed E-state index contributed by atoms with van der Waals surface area (Å²) in [6.07, 6.45) is 2.39. The van der Waals surface area contributed by atoms with Crippen LogP contribution < -0.4 is 10.6 Å². The molecular weight excluding hydrogens is 316 g/mol. The van der Waals surface area contributed by atoms with Crippen molar-refractivity contribution >= 4 is 33.7 Å². The fraction of sp³-hybridized carbons (Fsp3) is 0.267. The second-order valence-electron chi connectivity index (χ2n) is 4.37. The Morgan fingerprint density at radius 3 is 3.05 bits per heavy atom. The lowest BCUT2D eigenvalue weighted by Crippen LogP contribution is -2.27. The molecule has 2 heterocycles. The van der Waals surface area contributed by atoms with E-state index in [1.54, 1.807) is 6.08 Å². The molecular formula is C15H16N4OS2. The average molecular weight is 332 g/mol. The van der Waals surface area contributed by atoms with Crippen LogP contribution in [0.1, 0.15) is 33.2 Å². The minimum atomic E-state index is -0.635. The van der Waals surface area contributed by atoms with Crippen LogP contribution in [0.4, 0.5) is 5.13 Å². The molecule has 0 radical (unpaired) electrons. The van der Waals surface area contributed by atoms with Gasteiger partial charge in [-0.2, -0.15) is 5.26 Å². The third-order valence-electron chi connectivity index (χ3n) is 2.87. The fourth-order valence-electron chi connectivity index (χ4n) is 1.82. The number of aromatic nitrogens is 1. The molecule has 0 aliphatic heterocycles. The highest BCUT2D eigenvalue weighted by Gasteiger charge is 2.21. The van der Waals surface area contributed by atoms with E-state index in [4.69, 9.17) is 0 Å². The smallest absolute Gasteiger partial charge is 0.264 e. The number of aryl methyl sites for hydroxylation is 1. The van der Waals surface area contributed by atoms with Gasteiger partial charge in [0.25, 0.3) is 5.91 Å². The van der Waals surface area contributed by atoms with Crippen LogP contribution in [-0.4, -0.2) is 17.4 Å². The van der Waals surface area contributed by atoms with E-state index in [1.807, 2.05) is 24.4 Å². The first-order valence-electron chi connectivity index (χ1n) is 6.78. The summed E-state index contributed by atoms with van der Waals surface area (Å²) in [5.41, 5.74) is 0.733. The third kappa shape index (κ3) is 3.72. The summed E-state index contributed by atoms with van der Waals surface area (Å²) in [4.78, 5) is 18.2. The van der Waals surface area contributed by atoms with E-state index in [0.29, 0.717) is 23.0 Å². The molecule has 22 heavy (non-hydrogen) atoms. The molecule has 2 aromatic heterocycles. The topological polar surface area (TPSA) is 77.8 Å². The number of nitrogens with one attached hydrogen (secondary N) is 2. The Balaban J connectivity index is 2.16. The molecule has 0 saturated carbocycles. The molecule has 1 unspecified atom stereocenters. The molecule has 0 fully saturated rings. The monoisotopic (exact) mass is 332 g/mol. The number of carbonyl (C=O) groups is 1. The normalized spacial score (nSPS) is 11.5. The second-order valence-corrected chi connectivity index (χ2v) is 6.35. The maximum atomic E-state index is 12.4. The highest BCUT2D eigenvalue weighted by atomic mass is 32.1. The van der Waals surface area contributed by atoms with Crippen molar-refractivity contribution < 1.29 is 4.79 Å². The van der Waals surface area contributed by atoms with Gasteiger partial charge in [-0.05, 0) is 17.9 Å². The van der Waals surface area contributed by atoms with E-state index in [1.165, 1.54) is 22.7 Å². The van der Waals surface area contributed by atoms with Crippen LogP contribution in [0.15, 0.2) is 30.2 Å². The van der Waals surface area contributed by atoms with Gasteiger partial charge in [0, 0.05) is 11.4 Å². The van der Waals surface area contributed by atoms with Gasteiger partial charge in [-0.1, -0.05) is 30.4 Å². The van der Waals surface area contributed by atoms with Crippen molar-refractivity contribution in [2.75, 3.05) is 11.9 Å². The van der Waals surface area contributed by atoms with Gasteiger partial charge in [-0.3, -0.25) is 4.79 Å². The van der Waals surface area contributed by atoms with Gasteiger partial charge in [-0.25, -0.2) is 4.98 Å². The molecule has 1 amide bonds. The third-order valence-corrected chi connectivity index (χ3v) is 4.86. The van der Waals surface area contributed by atoms with Gasteiger partial charge in [0.15, 0.2) is 11.2 Å². The van der Waals surface area contributed by atoms with E-state index in [2.05, 4.69) is 28.3 Å². The molecule has 0 aliphatic carbocycles. The summed E-state index contributed by atoms with van der Waals surface area (Å²) in [5.74, 6) is -0.263. The predicted octanol–water partition coefficient (Wildman–Crippen LogP) is 3.36. The first kappa shape index (κ1) is 16.2. The van der Waals surface area contributed by atoms with Crippen LogP contribution in [0.25, 0.3) is 0 Å². The Bertz CT molecular complexity index is 685. The van der Waals surface area contributed by atoms with E-state index < -0.39 is 6.04 Å². The van der Waals surface area contributed by atoms with Crippen LogP contribution in [0, 0.1) is 11.3 Å². The van der Waals surface area contributed by atoms with E-state index in [-0.39, 0.29) is 5.91 Å². The molecule has 0 aliphatic rings. The quantitative estimate of drug-likeness (QED) is 0.762. The maximum Gasteiger partial charge on any atom is 0.264 e. The van der Waals surface area contributed by atoms with Crippen LogP contribution in [0.5, 0.6) is 0 Å². The number of hydrogen-bond acceptors (Lipinski definition) is 6. The first-order valence-corrected chi connectivity index (χ1v) is 8.47. The van der Waals surface area contributed by atoms with Crippen molar-refractivity contribution in [1.29, 1.82) is 5.26 Å². The molecule has 2 N–H and O–H groups in total. The Morgan fingerprint density at radius 2 is 2.45 bits per heavy atom. The summed E-state index contributed by atoms with van der Waals surface area (Å²) in [5, 5.41) is 17.7. The van der Waals surface area contributed by atoms with Gasteiger partial charge >= 0.3 is 0 Å². The highest BCUT2D eigenvalue weighted by Crippen LogP contribution is 2.25. The average Bonchev–Trinajstić information content (AvgIpc) is 3.19. The van der Waals surface area contributed by atoms with Crippen LogP contribution in [0.2, 0.25) is 0 Å². The molecule has 0 spiro atoms. The van der Waals surface area contributed by atoms with Crippen LogP contribution in [0.3, 0.4) is 0 Å². The Hall–Kier alpha value is -2.17. The number of thiophene rings is 1. The lowest BCUT2D eigenvalue weighted by Gasteiger charge is -2.09. The number of rotatable bonds is 7. The molecule has 0 saturated heterocycles. The van der Waals surface area contributed by atoms with E-state index in [0.717, 1.165) is 10.6 Å². The molecule has 114 valence electrons. The zero-order valence-corrected chi connectivity index (χ0v) is 13.8. The number of anilines is 1. The van der Waals surface area contributed by atoms with Crippen molar-refractivity contribution in [3.63, 3.8) is 0 Å². The molecule has 1 atom stereocenters. The number of carbonyl (C=O) groups excluding carboxylic acids is 1. The van der Waals surface area contributed by atoms with Crippen molar-refractivity contribution in [1.82, 2.24) is 10.3 Å². The largest absolute Gasteiger partial charge is 0.358 e. The molecule has 7 heteroatoms. The van der Waals surface area contributed by atoms with Gasteiger partial charge in [0.2, 0.25) is 0 Å². The fourth-order valence-corrected chi connectivity index (χ4v) is 3.51. The van der Waals surface area contributed by atoms with Gasteiger partial charge in [0.05, 0.1) is 11.8 Å². The summed E-state index contributed by atoms with van der Waals surface area (Å²) in [7, 11) is 0. The molecule has 2 aromatic rings. The lowest BCUT2D eigenvalue weighted by atomic mass is 10.2. The summed E-state index contributed by atoms with van der Waals surface area (Å²) < 4.78 is 0. The zero-order chi connectivity index (χ0) is 15.9. The van der Waals surface area contributed by atoms with Crippen molar-refractivity contribution in [3.05, 3.63) is 45.6 Å². The predicted molar refractivity (Wildman–Crippen MR) is 90.3 cm³/mol. The molecule has 5 nitrogen and oxygen atoms in total. The molecule has 0 aromatic carbocycles. The van der Waals surface area contributed by atoms with E-state index in [9.17, 15) is 10.1 Å². The summed E-state index contributed by atoms with van der Waals surface area (Å²) in [6, 6.07) is 5.18. The Labute approximate surface area is 137 Å². The minimum absolute atomic E-state index is 0.263. The molecule has 2 rings (SSSR count). The number of hydrogen-bond donors (Lipinski definition) is 2. The van der Waals surface area contributed by atoms with Crippen LogP contribution in [-0.2, 0) is 6.42 Å². The number of thiazole rings is 1. The molecule has 0 bridgehead atoms. The highest BCUT2D eigenvalue weighted by molar-refractivity contribution is 7.17. The number of nitrogens with zero attached hydrogens (tertiary/aromatic N) is 2. The Kier molecular flexibility index (Phi) is 5.69. The zero-order valence-electron chi connectivity index (χ0n) is 12.1. The number of nitriles is 1. The lowest BCUT2D eigenvalue weighted by molar-refractivity contribution is 0.0948. The number of amides is 1. The summed E-state index contributed by atoms with van der Waals surface area (Å²) in [6.45, 7) is 6.18. The SMILES string of the molecule is C=CCNc1nc(CC)c(C(=O)NC(C#N)c2cccs2)s1. The van der Waals surface area contributed by atoms with Gasteiger partial charge in [0.1, 0.15) is 4.88 Å². The van der Waals surface area contributed by atoms with Gasteiger partial charge < -0.3 is 10.6 Å². The van der Waals surface area contributed by atoms with Crippen molar-refractivity contribution in [2.24, 2.45) is 0 Å². The van der Waals surface area contributed by atoms with E-state index >= 15 is 0 Å². The van der Waals surface area contributed by atoms with Crippen molar-refractivity contribution in [3.8, 4) is 6.07 Å². The standard InChI is InChI=1S/C15H16N4OS2/c1-3-7-17-15-19-10(4-2)13(22-15)14(20)18-11(9-16)12-6-5-8-21-12/h3,5-6,8,11H,1,4,7H2,2H3,(H,17,19)(H,18,20). The Morgan fingerprint density at radius 1 is 1.64 bits per heavy atom. The first-order chi connectivity index (χ1) is 10.7. The van der Waals surface area contributed by atoms with Crippen molar-refractivity contribution in [2.45, 2.75) is 19.4 Å². The van der Waals surface area contributed by atoms with Gasteiger partial charge in [-0.15, -0.1) is 17.9 Å². The summed E-state index contributed by atoms with van der Waals surface area (Å²) >= 11 is 2.74. The maximum absolute atomic E-state index is 12.4. The van der Waals surface area contributed by atoms with Crippen LogP contribution >= 0.6 is 22.7 Å². The minimum Gasteiger partial charge on any atom is -0.358 e. The second kappa shape index (κ2) is 7.73.